The van der Waals surface area contributed by atoms with Crippen LogP contribution in [0.2, 0.25) is 0 Å². The van der Waals surface area contributed by atoms with Gasteiger partial charge in [0.2, 0.25) is 0 Å². The number of nitrogens with zero attached hydrogens (tertiary/aromatic N) is 4. The molecule has 1 aromatic heterocycles. The second-order valence-electron chi connectivity index (χ2n) is 3.38. The van der Waals surface area contributed by atoms with Crippen LogP contribution in [0.15, 0.2) is 17.4 Å². The van der Waals surface area contributed by atoms with Crippen molar-refractivity contribution in [3.05, 3.63) is 12.4 Å². The van der Waals surface area contributed by atoms with Crippen molar-refractivity contribution in [3.63, 3.8) is 0 Å². The first kappa shape index (κ1) is 9.29. The molecule has 0 saturated carbocycles. The molecule has 1 aliphatic rings. The lowest BCUT2D eigenvalue weighted by atomic mass is 10.4. The van der Waals surface area contributed by atoms with Gasteiger partial charge in [-0.3, -0.25) is 0 Å². The Morgan fingerprint density at radius 1 is 1.43 bits per heavy atom. The predicted octanol–water partition coefficient (Wildman–Crippen LogP) is 0.265. The van der Waals surface area contributed by atoms with Gasteiger partial charge in [-0.1, -0.05) is 5.21 Å². The summed E-state index contributed by atoms with van der Waals surface area (Å²) in [5.41, 5.74) is 0. The average Bonchev–Trinajstić information content (AvgIpc) is 2.58. The molecule has 0 N–H and O–H groups in total. The normalized spacial score (nSPS) is 21.4. The summed E-state index contributed by atoms with van der Waals surface area (Å²) in [4.78, 5) is 4.19. The lowest BCUT2D eigenvalue weighted by Gasteiger charge is -2.21. The predicted molar refractivity (Wildman–Crippen MR) is 48.8 cm³/mol. The van der Waals surface area contributed by atoms with Crippen molar-refractivity contribution < 1.29 is 9.47 Å². The van der Waals surface area contributed by atoms with Crippen molar-refractivity contribution in [2.75, 3.05) is 13.3 Å². The van der Waals surface area contributed by atoms with E-state index in [4.69, 9.17) is 9.47 Å². The van der Waals surface area contributed by atoms with E-state index in [-0.39, 0.29) is 6.73 Å². The zero-order valence-electron chi connectivity index (χ0n) is 8.17. The molecule has 0 atom stereocenters. The van der Waals surface area contributed by atoms with Crippen molar-refractivity contribution in [1.82, 2.24) is 15.0 Å². The van der Waals surface area contributed by atoms with Gasteiger partial charge >= 0.3 is 0 Å². The fourth-order valence-corrected chi connectivity index (χ4v) is 1.07. The summed E-state index contributed by atoms with van der Waals surface area (Å²) in [5, 5.41) is 7.53. The molecule has 0 saturated heterocycles. The van der Waals surface area contributed by atoms with Gasteiger partial charge in [0.05, 0.1) is 12.4 Å². The van der Waals surface area contributed by atoms with Gasteiger partial charge in [-0.25, -0.2) is 9.67 Å². The van der Waals surface area contributed by atoms with Gasteiger partial charge in [-0.2, -0.15) is 0 Å². The molecule has 0 radical (unpaired) electrons. The second kappa shape index (κ2) is 3.47. The summed E-state index contributed by atoms with van der Waals surface area (Å²) >= 11 is 0. The maximum absolute atomic E-state index is 5.49. The Morgan fingerprint density at radius 2 is 2.29 bits per heavy atom. The molecule has 1 aliphatic heterocycles. The van der Waals surface area contributed by atoms with Gasteiger partial charge in [-0.15, -0.1) is 5.10 Å². The Kier molecular flexibility index (Phi) is 2.30. The van der Waals surface area contributed by atoms with E-state index in [0.29, 0.717) is 12.4 Å². The molecule has 6 heteroatoms. The Hall–Kier alpha value is -1.27. The Bertz CT molecular complexity index is 331. The highest BCUT2D eigenvalue weighted by molar-refractivity contribution is 5.84. The summed E-state index contributed by atoms with van der Waals surface area (Å²) in [5.74, 6) is 0.110. The molecule has 0 amide bonds. The third-order valence-electron chi connectivity index (χ3n) is 1.90. The van der Waals surface area contributed by atoms with Gasteiger partial charge in [0.1, 0.15) is 13.3 Å². The zero-order chi connectivity index (χ0) is 10.0. The van der Waals surface area contributed by atoms with Crippen LogP contribution in [0.3, 0.4) is 0 Å². The molecular formula is C8H12N4O2. The SMILES string of the molecule is CC1(C)OCN=C(n2ccnn2)CO1. The summed E-state index contributed by atoms with van der Waals surface area (Å²) in [6.07, 6.45) is 3.32. The first-order chi connectivity index (χ1) is 6.67. The molecule has 0 spiro atoms. The molecular weight excluding hydrogens is 184 g/mol. The van der Waals surface area contributed by atoms with Crippen LogP contribution in [0.25, 0.3) is 0 Å². The van der Waals surface area contributed by atoms with E-state index in [9.17, 15) is 0 Å². The first-order valence-electron chi connectivity index (χ1n) is 4.35. The summed E-state index contributed by atoms with van der Waals surface area (Å²) in [6, 6.07) is 0. The van der Waals surface area contributed by atoms with E-state index < -0.39 is 5.79 Å². The lowest BCUT2D eigenvalue weighted by Crippen LogP contribution is -2.29. The minimum absolute atomic E-state index is 0.280. The largest absolute Gasteiger partial charge is 0.342 e. The molecule has 2 rings (SSSR count). The fourth-order valence-electron chi connectivity index (χ4n) is 1.07. The van der Waals surface area contributed by atoms with E-state index in [2.05, 4.69) is 15.3 Å². The van der Waals surface area contributed by atoms with E-state index >= 15 is 0 Å². The molecule has 14 heavy (non-hydrogen) atoms. The van der Waals surface area contributed by atoms with Crippen LogP contribution >= 0.6 is 0 Å². The van der Waals surface area contributed by atoms with E-state index in [0.717, 1.165) is 0 Å². The average molecular weight is 196 g/mol. The Labute approximate surface area is 81.5 Å². The number of rotatable bonds is 0. The van der Waals surface area contributed by atoms with Crippen molar-refractivity contribution in [2.45, 2.75) is 19.6 Å². The minimum atomic E-state index is -0.591. The molecule has 0 unspecified atom stereocenters. The van der Waals surface area contributed by atoms with Crippen LogP contribution < -0.4 is 0 Å². The maximum atomic E-state index is 5.49. The minimum Gasteiger partial charge on any atom is -0.342 e. The third-order valence-corrected chi connectivity index (χ3v) is 1.90. The number of ether oxygens (including phenoxy) is 2. The standard InChI is InChI=1S/C8H12N4O2/c1-8(2)13-5-7(9-6-14-8)12-4-3-10-11-12/h3-4H,5-6H2,1-2H3. The van der Waals surface area contributed by atoms with Crippen LogP contribution in [0.4, 0.5) is 0 Å². The van der Waals surface area contributed by atoms with Crippen LogP contribution in [0.5, 0.6) is 0 Å². The topological polar surface area (TPSA) is 61.5 Å². The second-order valence-corrected chi connectivity index (χ2v) is 3.38. The lowest BCUT2D eigenvalue weighted by molar-refractivity contribution is -0.198. The molecule has 0 aromatic carbocycles. The van der Waals surface area contributed by atoms with Gasteiger partial charge in [0, 0.05) is 0 Å². The van der Waals surface area contributed by atoms with Crippen molar-refractivity contribution in [1.29, 1.82) is 0 Å². The fraction of sp³-hybridized carbons (Fsp3) is 0.625. The highest BCUT2D eigenvalue weighted by Crippen LogP contribution is 2.13. The molecule has 1 aromatic rings. The van der Waals surface area contributed by atoms with E-state index in [1.165, 1.54) is 0 Å². The van der Waals surface area contributed by atoms with E-state index in [1.807, 2.05) is 13.8 Å². The molecule has 76 valence electrons. The van der Waals surface area contributed by atoms with Crippen LogP contribution in [0.1, 0.15) is 13.8 Å². The first-order valence-corrected chi connectivity index (χ1v) is 4.35. The highest BCUT2D eigenvalue weighted by Gasteiger charge is 2.23. The van der Waals surface area contributed by atoms with Crippen molar-refractivity contribution >= 4 is 5.84 Å². The molecule has 0 fully saturated rings. The van der Waals surface area contributed by atoms with E-state index in [1.54, 1.807) is 17.1 Å². The molecule has 0 bridgehead atoms. The zero-order valence-corrected chi connectivity index (χ0v) is 8.17. The van der Waals surface area contributed by atoms with Gasteiger partial charge < -0.3 is 9.47 Å². The summed E-state index contributed by atoms with van der Waals surface area (Å²) < 4.78 is 12.4. The molecule has 2 heterocycles. The van der Waals surface area contributed by atoms with Crippen LogP contribution in [-0.2, 0) is 9.47 Å². The third kappa shape index (κ3) is 1.97. The molecule has 0 aliphatic carbocycles. The number of hydrogen-bond acceptors (Lipinski definition) is 5. The summed E-state index contributed by atoms with van der Waals surface area (Å²) in [6.45, 7) is 4.36. The Balaban J connectivity index is 2.12. The van der Waals surface area contributed by atoms with Gasteiger partial charge in [0.15, 0.2) is 11.6 Å². The monoisotopic (exact) mass is 196 g/mol. The van der Waals surface area contributed by atoms with Crippen LogP contribution in [-0.4, -0.2) is 40.0 Å². The van der Waals surface area contributed by atoms with Gasteiger partial charge in [-0.05, 0) is 13.8 Å². The molecule has 6 nitrogen and oxygen atoms in total. The number of hydrogen-bond donors (Lipinski definition) is 0. The van der Waals surface area contributed by atoms with Crippen LogP contribution in [0, 0.1) is 0 Å². The smallest absolute Gasteiger partial charge is 0.165 e. The van der Waals surface area contributed by atoms with Crippen molar-refractivity contribution in [3.8, 4) is 0 Å². The Morgan fingerprint density at radius 3 is 3.00 bits per heavy atom. The van der Waals surface area contributed by atoms with Crippen molar-refractivity contribution in [2.24, 2.45) is 4.99 Å². The van der Waals surface area contributed by atoms with Gasteiger partial charge in [0.25, 0.3) is 0 Å². The summed E-state index contributed by atoms with van der Waals surface area (Å²) in [7, 11) is 0. The number of aliphatic imine (C=N–C) groups is 1. The maximum Gasteiger partial charge on any atom is 0.165 e. The number of aromatic nitrogens is 3. The quantitative estimate of drug-likeness (QED) is 0.597. The highest BCUT2D eigenvalue weighted by atomic mass is 16.7.